The molecule has 1 aromatic rings. The molecule has 1 nitrogen and oxygen atoms in total. The topological polar surface area (TPSA) is 12.0 Å². The number of nitrogens with one attached hydrogen (secondary N) is 1. The third-order valence-corrected chi connectivity index (χ3v) is 4.56. The molecule has 1 saturated carbocycles. The van der Waals surface area contributed by atoms with E-state index in [0.717, 1.165) is 18.4 Å². The minimum Gasteiger partial charge on any atom is -0.317 e. The van der Waals surface area contributed by atoms with Crippen LogP contribution in [0.5, 0.6) is 0 Å². The molecule has 0 amide bonds. The average Bonchev–Trinajstić information content (AvgIpc) is 2.77. The van der Waals surface area contributed by atoms with Gasteiger partial charge in [0.2, 0.25) is 0 Å². The van der Waals surface area contributed by atoms with Gasteiger partial charge in [-0.1, -0.05) is 6.92 Å². The Kier molecular flexibility index (Phi) is 3.06. The lowest BCUT2D eigenvalue weighted by molar-refractivity contribution is 0.650. The molecule has 0 aromatic carbocycles. The lowest BCUT2D eigenvalue weighted by Gasteiger charge is -1.99. The van der Waals surface area contributed by atoms with Gasteiger partial charge in [-0.05, 0) is 58.7 Å². The number of rotatable bonds is 4. The molecule has 0 radical (unpaired) electrons. The molecule has 0 spiro atoms. The van der Waals surface area contributed by atoms with Crippen molar-refractivity contribution in [3.63, 3.8) is 0 Å². The maximum absolute atomic E-state index is 3.59. The van der Waals surface area contributed by atoms with Gasteiger partial charge in [0.15, 0.2) is 0 Å². The molecule has 1 heterocycles. The third-order valence-electron chi connectivity index (χ3n) is 2.56. The summed E-state index contributed by atoms with van der Waals surface area (Å²) in [6.45, 7) is 4.44. The number of halogens is 1. The third kappa shape index (κ3) is 2.14. The molecule has 0 aliphatic heterocycles. The van der Waals surface area contributed by atoms with Crippen LogP contribution in [0.25, 0.3) is 0 Å². The largest absolute Gasteiger partial charge is 0.317 e. The van der Waals surface area contributed by atoms with E-state index in [-0.39, 0.29) is 0 Å². The van der Waals surface area contributed by atoms with E-state index in [1.54, 1.807) is 4.88 Å². The quantitative estimate of drug-likeness (QED) is 0.876. The Balaban J connectivity index is 1.89. The molecule has 1 aliphatic carbocycles. The molecule has 0 bridgehead atoms. The van der Waals surface area contributed by atoms with Crippen LogP contribution in [0, 0.1) is 5.92 Å². The highest BCUT2D eigenvalue weighted by atomic mass is 79.9. The van der Waals surface area contributed by atoms with Crippen LogP contribution in [0.4, 0.5) is 0 Å². The number of hydrogen-bond donors (Lipinski definition) is 1. The van der Waals surface area contributed by atoms with Crippen molar-refractivity contribution in [2.24, 2.45) is 5.92 Å². The monoisotopic (exact) mass is 259 g/mol. The number of thiophene rings is 1. The van der Waals surface area contributed by atoms with E-state index in [2.05, 4.69) is 39.6 Å². The fourth-order valence-corrected chi connectivity index (χ4v) is 3.57. The normalized spacial score (nSPS) is 26.3. The van der Waals surface area contributed by atoms with Crippen LogP contribution in [0.3, 0.4) is 0 Å². The van der Waals surface area contributed by atoms with Crippen LogP contribution in [0.2, 0.25) is 0 Å². The van der Waals surface area contributed by atoms with Gasteiger partial charge in [0.1, 0.15) is 0 Å². The first-order valence-electron chi connectivity index (χ1n) is 4.76. The van der Waals surface area contributed by atoms with Crippen LogP contribution in [0.15, 0.2) is 15.9 Å². The van der Waals surface area contributed by atoms with Crippen LogP contribution < -0.4 is 5.32 Å². The molecule has 2 rings (SSSR count). The summed E-state index contributed by atoms with van der Waals surface area (Å²) in [5, 5.41) is 5.58. The molecule has 1 N–H and O–H groups in total. The average molecular weight is 260 g/mol. The van der Waals surface area contributed by atoms with E-state index in [1.807, 2.05) is 11.3 Å². The van der Waals surface area contributed by atoms with Gasteiger partial charge in [0, 0.05) is 9.35 Å². The predicted molar refractivity (Wildman–Crippen MR) is 61.4 cm³/mol. The second-order valence-corrected chi connectivity index (χ2v) is 5.34. The molecular formula is C10H14BrNS. The molecule has 13 heavy (non-hydrogen) atoms. The first-order valence-corrected chi connectivity index (χ1v) is 6.43. The fraction of sp³-hybridized carbons (Fsp3) is 0.600. The van der Waals surface area contributed by atoms with Gasteiger partial charge in [-0.2, -0.15) is 0 Å². The molecule has 1 aliphatic rings. The molecule has 1 fully saturated rings. The zero-order valence-electron chi connectivity index (χ0n) is 7.72. The van der Waals surface area contributed by atoms with Gasteiger partial charge < -0.3 is 5.32 Å². The van der Waals surface area contributed by atoms with E-state index in [9.17, 15) is 0 Å². The Bertz CT molecular complexity index is 284. The van der Waals surface area contributed by atoms with Gasteiger partial charge in [-0.3, -0.25) is 0 Å². The molecule has 72 valence electrons. The van der Waals surface area contributed by atoms with Crippen molar-refractivity contribution in [3.05, 3.63) is 20.8 Å². The highest BCUT2D eigenvalue weighted by Gasteiger charge is 2.39. The van der Waals surface area contributed by atoms with E-state index >= 15 is 0 Å². The summed E-state index contributed by atoms with van der Waals surface area (Å²) in [7, 11) is 0. The van der Waals surface area contributed by atoms with Crippen molar-refractivity contribution in [1.82, 2.24) is 5.32 Å². The van der Waals surface area contributed by atoms with Crippen molar-refractivity contribution < 1.29 is 0 Å². The SMILES string of the molecule is CCNCC1CC1c1sccc1Br. The maximum Gasteiger partial charge on any atom is 0.0317 e. The first-order chi connectivity index (χ1) is 6.33. The second kappa shape index (κ2) is 4.11. The predicted octanol–water partition coefficient (Wildman–Crippen LogP) is 3.22. The standard InChI is InChI=1S/C10H14BrNS/c1-2-12-6-7-5-8(7)10-9(11)3-4-13-10/h3-4,7-8,12H,2,5-6H2,1H3. The second-order valence-electron chi connectivity index (χ2n) is 3.54. The Morgan fingerprint density at radius 1 is 1.69 bits per heavy atom. The minimum absolute atomic E-state index is 0.827. The fourth-order valence-electron chi connectivity index (χ4n) is 1.69. The van der Waals surface area contributed by atoms with Gasteiger partial charge in [0.05, 0.1) is 0 Å². The van der Waals surface area contributed by atoms with Crippen molar-refractivity contribution in [2.45, 2.75) is 19.3 Å². The summed E-state index contributed by atoms with van der Waals surface area (Å²) in [6, 6.07) is 2.16. The first kappa shape index (κ1) is 9.69. The van der Waals surface area contributed by atoms with Crippen LogP contribution in [-0.2, 0) is 0 Å². The Morgan fingerprint density at radius 2 is 2.54 bits per heavy atom. The van der Waals surface area contributed by atoms with Crippen molar-refractivity contribution in [3.8, 4) is 0 Å². The highest BCUT2D eigenvalue weighted by Crippen LogP contribution is 2.51. The summed E-state index contributed by atoms with van der Waals surface area (Å²) < 4.78 is 1.31. The minimum atomic E-state index is 0.827. The summed E-state index contributed by atoms with van der Waals surface area (Å²) in [5.74, 6) is 1.71. The van der Waals surface area contributed by atoms with Crippen LogP contribution >= 0.6 is 27.3 Å². The zero-order chi connectivity index (χ0) is 9.26. The molecule has 1 aromatic heterocycles. The van der Waals surface area contributed by atoms with Gasteiger partial charge in [0.25, 0.3) is 0 Å². The molecule has 2 atom stereocenters. The lowest BCUT2D eigenvalue weighted by Crippen LogP contribution is -2.16. The van der Waals surface area contributed by atoms with Crippen molar-refractivity contribution in [2.75, 3.05) is 13.1 Å². The highest BCUT2D eigenvalue weighted by molar-refractivity contribution is 9.10. The zero-order valence-corrected chi connectivity index (χ0v) is 10.1. The molecule has 3 heteroatoms. The van der Waals surface area contributed by atoms with E-state index in [1.165, 1.54) is 17.4 Å². The van der Waals surface area contributed by atoms with E-state index < -0.39 is 0 Å². The van der Waals surface area contributed by atoms with Crippen LogP contribution in [0.1, 0.15) is 24.1 Å². The van der Waals surface area contributed by atoms with Gasteiger partial charge >= 0.3 is 0 Å². The molecule has 2 unspecified atom stereocenters. The number of hydrogen-bond acceptors (Lipinski definition) is 2. The summed E-state index contributed by atoms with van der Waals surface area (Å²) in [6.07, 6.45) is 1.37. The van der Waals surface area contributed by atoms with E-state index in [0.29, 0.717) is 0 Å². The maximum atomic E-state index is 3.59. The lowest BCUT2D eigenvalue weighted by atomic mass is 10.2. The van der Waals surface area contributed by atoms with Crippen LogP contribution in [-0.4, -0.2) is 13.1 Å². The Morgan fingerprint density at radius 3 is 3.15 bits per heavy atom. The summed E-state index contributed by atoms with van der Waals surface area (Å²) >= 11 is 5.48. The van der Waals surface area contributed by atoms with Crippen molar-refractivity contribution >= 4 is 27.3 Å². The summed E-state index contributed by atoms with van der Waals surface area (Å²) in [5.41, 5.74) is 0. The molecule has 0 saturated heterocycles. The van der Waals surface area contributed by atoms with E-state index in [4.69, 9.17) is 0 Å². The smallest absolute Gasteiger partial charge is 0.0317 e. The van der Waals surface area contributed by atoms with Crippen molar-refractivity contribution in [1.29, 1.82) is 0 Å². The van der Waals surface area contributed by atoms with Gasteiger partial charge in [-0.15, -0.1) is 11.3 Å². The summed E-state index contributed by atoms with van der Waals surface area (Å²) in [4.78, 5) is 1.54. The Hall–Kier alpha value is 0.140. The Labute approximate surface area is 91.7 Å². The van der Waals surface area contributed by atoms with Gasteiger partial charge in [-0.25, -0.2) is 0 Å². The molecular weight excluding hydrogens is 246 g/mol.